The number of aliphatic hydroxyl groups is 1. The minimum atomic E-state index is -0.544. The molecule has 0 unspecified atom stereocenters. The first-order valence-electron chi connectivity index (χ1n) is 3.99. The van der Waals surface area contributed by atoms with Crippen molar-refractivity contribution in [3.63, 3.8) is 0 Å². The third kappa shape index (κ3) is 1.59. The van der Waals surface area contributed by atoms with Gasteiger partial charge in [0.2, 0.25) is 6.79 Å². The van der Waals surface area contributed by atoms with Crippen LogP contribution in [-0.2, 0) is 0 Å². The molecule has 0 fully saturated rings. The van der Waals surface area contributed by atoms with Crippen molar-refractivity contribution in [2.24, 2.45) is 0 Å². The predicted molar refractivity (Wildman–Crippen MR) is 51.4 cm³/mol. The smallest absolute Gasteiger partial charge is 0.231 e. The van der Waals surface area contributed by atoms with Gasteiger partial charge in [-0.15, -0.1) is 0 Å². The minimum Gasteiger partial charge on any atom is -0.454 e. The monoisotopic (exact) mass is 198 g/mol. The number of benzene rings is 1. The molecule has 2 rings (SSSR count). The Kier molecular flexibility index (Phi) is 2.33. The Labute approximate surface area is 81.7 Å². The van der Waals surface area contributed by atoms with Crippen molar-refractivity contribution >= 4 is 12.6 Å². The molecule has 1 aliphatic rings. The highest BCUT2D eigenvalue weighted by Crippen LogP contribution is 2.34. The van der Waals surface area contributed by atoms with Crippen LogP contribution in [0, 0.1) is 0 Å². The first-order valence-corrected chi connectivity index (χ1v) is 4.63. The molecule has 0 radical (unpaired) electrons. The summed E-state index contributed by atoms with van der Waals surface area (Å²) < 4.78 is 10.3. The number of ether oxygens (including phenoxy) is 2. The van der Waals surface area contributed by atoms with Gasteiger partial charge >= 0.3 is 0 Å². The van der Waals surface area contributed by atoms with Gasteiger partial charge in [0.1, 0.15) is 0 Å². The summed E-state index contributed by atoms with van der Waals surface area (Å²) in [4.78, 5) is 0. The summed E-state index contributed by atoms with van der Waals surface area (Å²) in [6, 6.07) is 5.39. The van der Waals surface area contributed by atoms with Crippen molar-refractivity contribution in [1.29, 1.82) is 0 Å². The van der Waals surface area contributed by atoms with Crippen LogP contribution in [0.4, 0.5) is 0 Å². The van der Waals surface area contributed by atoms with Crippen LogP contribution >= 0.6 is 12.6 Å². The van der Waals surface area contributed by atoms with Gasteiger partial charge in [0.15, 0.2) is 11.5 Å². The van der Waals surface area contributed by atoms with Gasteiger partial charge in [0, 0.05) is 5.75 Å². The SMILES string of the molecule is O[C@@H](CS)c1ccc2c(c1)OCO2. The zero-order valence-electron chi connectivity index (χ0n) is 6.93. The Bertz CT molecular complexity index is 314. The predicted octanol–water partition coefficient (Wildman–Crippen LogP) is 1.38. The molecular formula is C9H10O3S. The fraction of sp³-hybridized carbons (Fsp3) is 0.333. The van der Waals surface area contributed by atoms with Crippen LogP contribution < -0.4 is 9.47 Å². The van der Waals surface area contributed by atoms with Crippen LogP contribution in [-0.4, -0.2) is 17.7 Å². The molecule has 1 aromatic rings. The third-order valence-electron chi connectivity index (χ3n) is 1.95. The summed E-state index contributed by atoms with van der Waals surface area (Å²) in [7, 11) is 0. The van der Waals surface area contributed by atoms with E-state index in [1.54, 1.807) is 12.1 Å². The number of rotatable bonds is 2. The van der Waals surface area contributed by atoms with E-state index in [0.717, 1.165) is 11.3 Å². The number of fused-ring (bicyclic) bond motifs is 1. The second-order valence-electron chi connectivity index (χ2n) is 2.81. The molecule has 0 aromatic heterocycles. The Hall–Kier alpha value is -0.870. The minimum absolute atomic E-state index is 0.260. The normalized spacial score (nSPS) is 15.8. The fourth-order valence-electron chi connectivity index (χ4n) is 1.23. The molecule has 1 N–H and O–H groups in total. The number of hydrogen-bond acceptors (Lipinski definition) is 4. The van der Waals surface area contributed by atoms with Gasteiger partial charge in [-0.25, -0.2) is 0 Å². The maximum atomic E-state index is 9.49. The van der Waals surface area contributed by atoms with E-state index >= 15 is 0 Å². The molecule has 0 spiro atoms. The molecule has 0 aliphatic carbocycles. The van der Waals surface area contributed by atoms with Gasteiger partial charge in [-0.2, -0.15) is 12.6 Å². The van der Waals surface area contributed by atoms with E-state index in [1.165, 1.54) is 0 Å². The molecule has 1 heterocycles. The maximum Gasteiger partial charge on any atom is 0.231 e. The van der Waals surface area contributed by atoms with Crippen molar-refractivity contribution < 1.29 is 14.6 Å². The highest BCUT2D eigenvalue weighted by atomic mass is 32.1. The van der Waals surface area contributed by atoms with Gasteiger partial charge in [-0.05, 0) is 17.7 Å². The first kappa shape index (κ1) is 8.72. The summed E-state index contributed by atoms with van der Waals surface area (Å²) in [5.74, 6) is 1.83. The van der Waals surface area contributed by atoms with Crippen LogP contribution in [0.5, 0.6) is 11.5 Å². The molecular weight excluding hydrogens is 188 g/mol. The average molecular weight is 198 g/mol. The fourth-order valence-corrected chi connectivity index (χ4v) is 1.44. The summed E-state index contributed by atoms with van der Waals surface area (Å²) in [6.45, 7) is 0.260. The molecule has 0 saturated heterocycles. The van der Waals surface area contributed by atoms with Gasteiger partial charge in [-0.3, -0.25) is 0 Å². The van der Waals surface area contributed by atoms with Gasteiger partial charge in [0.25, 0.3) is 0 Å². The Morgan fingerprint density at radius 1 is 1.38 bits per heavy atom. The second-order valence-corrected chi connectivity index (χ2v) is 3.18. The van der Waals surface area contributed by atoms with Gasteiger partial charge in [0.05, 0.1) is 6.10 Å². The van der Waals surface area contributed by atoms with Crippen molar-refractivity contribution in [1.82, 2.24) is 0 Å². The lowest BCUT2D eigenvalue weighted by Gasteiger charge is -2.07. The van der Waals surface area contributed by atoms with Gasteiger partial charge in [-0.1, -0.05) is 6.07 Å². The van der Waals surface area contributed by atoms with Crippen molar-refractivity contribution in [3.05, 3.63) is 23.8 Å². The number of thiol groups is 1. The largest absolute Gasteiger partial charge is 0.454 e. The molecule has 1 aromatic carbocycles. The zero-order chi connectivity index (χ0) is 9.26. The average Bonchev–Trinajstić information content (AvgIpc) is 2.63. The van der Waals surface area contributed by atoms with Crippen molar-refractivity contribution in [2.75, 3.05) is 12.5 Å². The van der Waals surface area contributed by atoms with Crippen LogP contribution in [0.3, 0.4) is 0 Å². The Morgan fingerprint density at radius 3 is 2.92 bits per heavy atom. The van der Waals surface area contributed by atoms with Crippen LogP contribution in [0.25, 0.3) is 0 Å². The summed E-state index contributed by atoms with van der Waals surface area (Å²) in [5, 5.41) is 9.49. The molecule has 0 bridgehead atoms. The Morgan fingerprint density at radius 2 is 2.15 bits per heavy atom. The molecule has 4 heteroatoms. The standard InChI is InChI=1S/C9H10O3S/c10-7(4-13)6-1-2-8-9(3-6)12-5-11-8/h1-3,7,10,13H,4-5H2/t7-/m0/s1. The van der Waals surface area contributed by atoms with E-state index < -0.39 is 6.10 Å². The highest BCUT2D eigenvalue weighted by molar-refractivity contribution is 7.80. The lowest BCUT2D eigenvalue weighted by Crippen LogP contribution is -1.98. The summed E-state index contributed by atoms with van der Waals surface area (Å²) >= 11 is 4.01. The zero-order valence-corrected chi connectivity index (χ0v) is 7.83. The van der Waals surface area contributed by atoms with E-state index in [0.29, 0.717) is 11.5 Å². The van der Waals surface area contributed by atoms with E-state index in [-0.39, 0.29) is 6.79 Å². The van der Waals surface area contributed by atoms with Crippen molar-refractivity contribution in [2.45, 2.75) is 6.10 Å². The van der Waals surface area contributed by atoms with Gasteiger partial charge < -0.3 is 14.6 Å². The number of hydrogen-bond donors (Lipinski definition) is 2. The topological polar surface area (TPSA) is 38.7 Å². The number of aliphatic hydroxyl groups excluding tert-OH is 1. The van der Waals surface area contributed by atoms with E-state index in [1.807, 2.05) is 6.07 Å². The van der Waals surface area contributed by atoms with E-state index in [9.17, 15) is 5.11 Å². The Balaban J connectivity index is 2.30. The molecule has 13 heavy (non-hydrogen) atoms. The summed E-state index contributed by atoms with van der Waals surface area (Å²) in [5.41, 5.74) is 0.805. The third-order valence-corrected chi connectivity index (χ3v) is 2.30. The molecule has 0 amide bonds. The van der Waals surface area contributed by atoms with Crippen LogP contribution in [0.2, 0.25) is 0 Å². The van der Waals surface area contributed by atoms with Crippen LogP contribution in [0.1, 0.15) is 11.7 Å². The molecule has 3 nitrogen and oxygen atoms in total. The highest BCUT2D eigenvalue weighted by Gasteiger charge is 2.15. The summed E-state index contributed by atoms with van der Waals surface area (Å²) in [6.07, 6.45) is -0.544. The molecule has 1 atom stereocenters. The maximum absolute atomic E-state index is 9.49. The lowest BCUT2D eigenvalue weighted by molar-refractivity contribution is 0.173. The lowest BCUT2D eigenvalue weighted by atomic mass is 10.1. The molecule has 0 saturated carbocycles. The van der Waals surface area contributed by atoms with E-state index in [4.69, 9.17) is 9.47 Å². The molecule has 70 valence electrons. The first-order chi connectivity index (χ1) is 6.31. The quantitative estimate of drug-likeness (QED) is 0.705. The van der Waals surface area contributed by atoms with E-state index in [2.05, 4.69) is 12.6 Å². The second kappa shape index (κ2) is 3.47. The molecule has 1 aliphatic heterocycles. The van der Waals surface area contributed by atoms with Crippen molar-refractivity contribution in [3.8, 4) is 11.5 Å². The van der Waals surface area contributed by atoms with Crippen LogP contribution in [0.15, 0.2) is 18.2 Å².